The van der Waals surface area contributed by atoms with Gasteiger partial charge in [0.25, 0.3) is 0 Å². The number of hydrogen-bond donors (Lipinski definition) is 0. The number of carbonyl (C=O) groups excluding carboxylic acids is 1. The summed E-state index contributed by atoms with van der Waals surface area (Å²) in [5.41, 5.74) is 0. The van der Waals surface area contributed by atoms with Gasteiger partial charge in [0.2, 0.25) is 0 Å². The minimum atomic E-state index is -0.214. The van der Waals surface area contributed by atoms with E-state index in [1.165, 1.54) is 26.2 Å². The summed E-state index contributed by atoms with van der Waals surface area (Å²) in [6.07, 6.45) is 8.87. The molecule has 0 aliphatic heterocycles. The number of allylic oxidation sites excluding steroid dienone is 1. The third kappa shape index (κ3) is 9.30. The normalized spacial score (nSPS) is 13.1. The summed E-state index contributed by atoms with van der Waals surface area (Å²) in [6.45, 7) is 6.35. The molecule has 0 fully saturated rings. The molecule has 0 aliphatic rings. The molecule has 0 aromatic carbocycles. The van der Waals surface area contributed by atoms with Gasteiger partial charge in [-0.2, -0.15) is 0 Å². The molecule has 0 saturated heterocycles. The maximum absolute atomic E-state index is 10.4. The van der Waals surface area contributed by atoms with Crippen molar-refractivity contribution in [3.8, 4) is 0 Å². The van der Waals surface area contributed by atoms with E-state index < -0.39 is 0 Å². The molecule has 2 heteroatoms. The average Bonchev–Trinajstić information content (AvgIpc) is 2.15. The Kier molecular flexibility index (Phi) is 8.30. The molecule has 0 radical (unpaired) electrons. The van der Waals surface area contributed by atoms with Gasteiger partial charge in [-0.25, -0.2) is 0 Å². The molecular weight excluding hydrogens is 176 g/mol. The van der Waals surface area contributed by atoms with Crippen LogP contribution in [0.1, 0.15) is 46.5 Å². The van der Waals surface area contributed by atoms with Crippen LogP contribution in [-0.4, -0.2) is 12.6 Å². The summed E-state index contributed by atoms with van der Waals surface area (Å²) in [5, 5.41) is 0. The van der Waals surface area contributed by atoms with Gasteiger partial charge in [0.1, 0.15) is 6.61 Å². The number of esters is 1. The van der Waals surface area contributed by atoms with E-state index in [9.17, 15) is 4.79 Å². The van der Waals surface area contributed by atoms with Gasteiger partial charge in [-0.1, -0.05) is 38.8 Å². The first-order valence-electron chi connectivity index (χ1n) is 5.45. The van der Waals surface area contributed by atoms with Gasteiger partial charge in [-0.05, 0) is 18.8 Å². The summed E-state index contributed by atoms with van der Waals surface area (Å²) in [7, 11) is 0. The van der Waals surface area contributed by atoms with Crippen LogP contribution >= 0.6 is 0 Å². The second kappa shape index (κ2) is 8.79. The molecule has 0 amide bonds. The van der Waals surface area contributed by atoms with Crippen LogP contribution < -0.4 is 0 Å². The van der Waals surface area contributed by atoms with Crippen LogP contribution in [0.15, 0.2) is 12.2 Å². The largest absolute Gasteiger partial charge is 0.462 e. The van der Waals surface area contributed by atoms with Crippen molar-refractivity contribution in [1.29, 1.82) is 0 Å². The van der Waals surface area contributed by atoms with E-state index in [-0.39, 0.29) is 5.97 Å². The minimum Gasteiger partial charge on any atom is -0.462 e. The van der Waals surface area contributed by atoms with E-state index in [1.807, 2.05) is 6.08 Å². The molecule has 2 nitrogen and oxygen atoms in total. The Labute approximate surface area is 87.3 Å². The predicted molar refractivity (Wildman–Crippen MR) is 59.1 cm³/mol. The van der Waals surface area contributed by atoms with E-state index in [4.69, 9.17) is 4.74 Å². The smallest absolute Gasteiger partial charge is 0.302 e. The molecule has 0 aromatic heterocycles. The first-order valence-corrected chi connectivity index (χ1v) is 5.45. The molecule has 1 atom stereocenters. The Morgan fingerprint density at radius 2 is 2.14 bits per heavy atom. The van der Waals surface area contributed by atoms with Gasteiger partial charge in [0.05, 0.1) is 0 Å². The maximum Gasteiger partial charge on any atom is 0.302 e. The summed E-state index contributed by atoms with van der Waals surface area (Å²) < 4.78 is 4.76. The second-order valence-corrected chi connectivity index (χ2v) is 3.72. The van der Waals surface area contributed by atoms with Crippen molar-refractivity contribution in [3.63, 3.8) is 0 Å². The zero-order valence-electron chi connectivity index (χ0n) is 9.58. The standard InChI is InChI=1S/C12H22O2/c1-4-11(2)9-7-5-6-8-10-14-12(3)13/h6,8,11H,4-5,7,9-10H2,1-3H3/b8-6-. The van der Waals surface area contributed by atoms with Crippen molar-refractivity contribution >= 4 is 5.97 Å². The molecule has 0 spiro atoms. The Balaban J connectivity index is 3.23. The highest BCUT2D eigenvalue weighted by Gasteiger charge is 1.96. The lowest BCUT2D eigenvalue weighted by atomic mass is 10.0. The van der Waals surface area contributed by atoms with Gasteiger partial charge in [-0.15, -0.1) is 0 Å². The first kappa shape index (κ1) is 13.2. The van der Waals surface area contributed by atoms with Crippen LogP contribution in [0.2, 0.25) is 0 Å². The second-order valence-electron chi connectivity index (χ2n) is 3.72. The van der Waals surface area contributed by atoms with Crippen LogP contribution in [0.3, 0.4) is 0 Å². The molecule has 0 bridgehead atoms. The number of rotatable bonds is 7. The van der Waals surface area contributed by atoms with Gasteiger partial charge >= 0.3 is 5.97 Å². The van der Waals surface area contributed by atoms with E-state index in [0.717, 1.165) is 12.3 Å². The van der Waals surface area contributed by atoms with Crippen molar-refractivity contribution in [2.75, 3.05) is 6.61 Å². The highest BCUT2D eigenvalue weighted by molar-refractivity contribution is 5.65. The molecule has 0 rings (SSSR count). The fourth-order valence-corrected chi connectivity index (χ4v) is 1.14. The van der Waals surface area contributed by atoms with Crippen LogP contribution in [0.5, 0.6) is 0 Å². The van der Waals surface area contributed by atoms with E-state index in [0.29, 0.717) is 6.61 Å². The Hall–Kier alpha value is -0.790. The molecule has 1 unspecified atom stereocenters. The molecule has 0 aliphatic carbocycles. The van der Waals surface area contributed by atoms with Gasteiger partial charge < -0.3 is 4.74 Å². The van der Waals surface area contributed by atoms with E-state index >= 15 is 0 Å². The van der Waals surface area contributed by atoms with Crippen molar-refractivity contribution in [3.05, 3.63) is 12.2 Å². The van der Waals surface area contributed by atoms with Crippen LogP contribution in [0.25, 0.3) is 0 Å². The van der Waals surface area contributed by atoms with E-state index in [1.54, 1.807) is 0 Å². The molecule has 0 N–H and O–H groups in total. The first-order chi connectivity index (χ1) is 6.66. The molecule has 14 heavy (non-hydrogen) atoms. The van der Waals surface area contributed by atoms with Crippen molar-refractivity contribution in [2.45, 2.75) is 46.5 Å². The third-order valence-corrected chi connectivity index (χ3v) is 2.31. The summed E-state index contributed by atoms with van der Waals surface area (Å²) >= 11 is 0. The van der Waals surface area contributed by atoms with Gasteiger partial charge in [-0.3, -0.25) is 4.79 Å². The van der Waals surface area contributed by atoms with Crippen LogP contribution in [0.4, 0.5) is 0 Å². The molecular formula is C12H22O2. The average molecular weight is 198 g/mol. The van der Waals surface area contributed by atoms with Crippen LogP contribution in [-0.2, 0) is 9.53 Å². The molecule has 0 aromatic rings. The lowest BCUT2D eigenvalue weighted by Crippen LogP contribution is -1.97. The monoisotopic (exact) mass is 198 g/mol. The zero-order chi connectivity index (χ0) is 10.8. The van der Waals surface area contributed by atoms with E-state index in [2.05, 4.69) is 19.9 Å². The number of hydrogen-bond acceptors (Lipinski definition) is 2. The Morgan fingerprint density at radius 1 is 1.43 bits per heavy atom. The lowest BCUT2D eigenvalue weighted by Gasteiger charge is -2.05. The third-order valence-electron chi connectivity index (χ3n) is 2.31. The van der Waals surface area contributed by atoms with Crippen molar-refractivity contribution in [1.82, 2.24) is 0 Å². The highest BCUT2D eigenvalue weighted by Crippen LogP contribution is 2.10. The predicted octanol–water partition coefficient (Wildman–Crippen LogP) is 3.32. The molecule has 0 saturated carbocycles. The van der Waals surface area contributed by atoms with Gasteiger partial charge in [0, 0.05) is 6.92 Å². The summed E-state index contributed by atoms with van der Waals surface area (Å²) in [4.78, 5) is 10.4. The Bertz CT molecular complexity index is 173. The Morgan fingerprint density at radius 3 is 2.71 bits per heavy atom. The maximum atomic E-state index is 10.4. The topological polar surface area (TPSA) is 26.3 Å². The van der Waals surface area contributed by atoms with Crippen molar-refractivity contribution in [2.24, 2.45) is 5.92 Å². The van der Waals surface area contributed by atoms with Crippen molar-refractivity contribution < 1.29 is 9.53 Å². The number of carbonyl (C=O) groups is 1. The SMILES string of the molecule is CCC(C)CCC/C=C\COC(C)=O. The van der Waals surface area contributed by atoms with Gasteiger partial charge in [0.15, 0.2) is 0 Å². The summed E-state index contributed by atoms with van der Waals surface area (Å²) in [6, 6.07) is 0. The fourth-order valence-electron chi connectivity index (χ4n) is 1.14. The molecule has 82 valence electrons. The zero-order valence-corrected chi connectivity index (χ0v) is 9.58. The molecule has 0 heterocycles. The fraction of sp³-hybridized carbons (Fsp3) is 0.750. The number of unbranched alkanes of at least 4 members (excludes halogenated alkanes) is 1. The summed E-state index contributed by atoms with van der Waals surface area (Å²) in [5.74, 6) is 0.617. The minimum absolute atomic E-state index is 0.214. The quantitative estimate of drug-likeness (QED) is 0.356. The number of ether oxygens (including phenoxy) is 1. The van der Waals surface area contributed by atoms with Crippen LogP contribution in [0, 0.1) is 5.92 Å². The highest BCUT2D eigenvalue weighted by atomic mass is 16.5. The lowest BCUT2D eigenvalue weighted by molar-refractivity contribution is -0.139.